The molecule has 0 fully saturated rings. The van der Waals surface area contributed by atoms with E-state index in [4.69, 9.17) is 4.74 Å². The number of benzene rings is 2. The summed E-state index contributed by atoms with van der Waals surface area (Å²) < 4.78 is 6.07. The molecule has 0 aliphatic heterocycles. The van der Waals surface area contributed by atoms with Gasteiger partial charge in [-0.2, -0.15) is 5.11 Å². The topological polar surface area (TPSA) is 34.0 Å². The molecule has 0 bridgehead atoms. The zero-order valence-corrected chi connectivity index (χ0v) is 17.7. The summed E-state index contributed by atoms with van der Waals surface area (Å²) in [4.78, 5) is 0. The minimum atomic E-state index is 0.745. The molecule has 2 rings (SSSR count). The van der Waals surface area contributed by atoms with Gasteiger partial charge in [-0.05, 0) is 37.1 Å². The van der Waals surface area contributed by atoms with E-state index in [1.165, 1.54) is 57.8 Å². The van der Waals surface area contributed by atoms with Gasteiger partial charge in [-0.3, -0.25) is 0 Å². The highest BCUT2D eigenvalue weighted by Crippen LogP contribution is 2.32. The highest BCUT2D eigenvalue weighted by atomic mass is 16.5. The van der Waals surface area contributed by atoms with E-state index in [9.17, 15) is 0 Å². The molecule has 0 amide bonds. The largest absolute Gasteiger partial charge is 0.491 e. The normalized spacial score (nSPS) is 11.2. The van der Waals surface area contributed by atoms with E-state index in [1.54, 1.807) is 0 Å². The van der Waals surface area contributed by atoms with Crippen molar-refractivity contribution in [1.82, 2.24) is 0 Å². The van der Waals surface area contributed by atoms with Crippen LogP contribution in [0.1, 0.15) is 76.7 Å². The third kappa shape index (κ3) is 8.69. The van der Waals surface area contributed by atoms with Gasteiger partial charge in [0.05, 0.1) is 12.3 Å². The lowest BCUT2D eigenvalue weighted by molar-refractivity contribution is 0.303. The van der Waals surface area contributed by atoms with Gasteiger partial charge < -0.3 is 4.74 Å². The van der Waals surface area contributed by atoms with E-state index in [2.05, 4.69) is 30.1 Å². The first-order chi connectivity index (χ1) is 13.8. The Morgan fingerprint density at radius 3 is 2.00 bits per heavy atom. The standard InChI is InChI=1S/C25H36N2O/c1-3-4-5-6-7-8-9-10-11-15-21-28-25-22(2)17-16-20-24(25)27-26-23-18-13-12-14-19-23/h12-14,16-20H,3-11,15,21H2,1-2H3. The van der Waals surface area contributed by atoms with E-state index >= 15 is 0 Å². The fraction of sp³-hybridized carbons (Fsp3) is 0.520. The molecule has 0 aliphatic carbocycles. The van der Waals surface area contributed by atoms with Gasteiger partial charge in [0.2, 0.25) is 0 Å². The lowest BCUT2D eigenvalue weighted by Gasteiger charge is -2.11. The summed E-state index contributed by atoms with van der Waals surface area (Å²) in [5.41, 5.74) is 2.76. The van der Waals surface area contributed by atoms with Crippen LogP contribution in [0.15, 0.2) is 58.8 Å². The monoisotopic (exact) mass is 380 g/mol. The van der Waals surface area contributed by atoms with Crippen molar-refractivity contribution in [3.8, 4) is 5.75 Å². The summed E-state index contributed by atoms with van der Waals surface area (Å²) in [6, 6.07) is 15.8. The molecule has 0 aliphatic rings. The van der Waals surface area contributed by atoms with E-state index < -0.39 is 0 Å². The van der Waals surface area contributed by atoms with Crippen LogP contribution in [-0.4, -0.2) is 6.61 Å². The fourth-order valence-corrected chi connectivity index (χ4v) is 3.27. The average molecular weight is 381 g/mol. The molecule has 0 unspecified atom stereocenters. The molecule has 0 saturated carbocycles. The Bertz CT molecular complexity index is 682. The number of rotatable bonds is 14. The summed E-state index contributed by atoms with van der Waals surface area (Å²) in [6.45, 7) is 5.08. The Hall–Kier alpha value is -2.16. The molecule has 0 heterocycles. The number of hydrogen-bond donors (Lipinski definition) is 0. The van der Waals surface area contributed by atoms with Crippen LogP contribution < -0.4 is 4.74 Å². The summed E-state index contributed by atoms with van der Waals surface area (Å²) in [7, 11) is 0. The second-order valence-corrected chi connectivity index (χ2v) is 7.49. The van der Waals surface area contributed by atoms with Crippen molar-refractivity contribution in [2.24, 2.45) is 10.2 Å². The van der Waals surface area contributed by atoms with E-state index in [-0.39, 0.29) is 0 Å². The molecule has 2 aromatic carbocycles. The minimum Gasteiger partial charge on any atom is -0.491 e. The van der Waals surface area contributed by atoms with Gasteiger partial charge in [-0.1, -0.05) is 95.0 Å². The van der Waals surface area contributed by atoms with Crippen molar-refractivity contribution in [2.45, 2.75) is 78.1 Å². The molecule has 0 saturated heterocycles. The molecule has 152 valence electrons. The summed E-state index contributed by atoms with van der Waals surface area (Å²) in [5, 5.41) is 8.74. The van der Waals surface area contributed by atoms with Crippen LogP contribution in [0.4, 0.5) is 11.4 Å². The van der Waals surface area contributed by atoms with Gasteiger partial charge in [0, 0.05) is 0 Å². The van der Waals surface area contributed by atoms with Crippen LogP contribution in [0.25, 0.3) is 0 Å². The number of azo groups is 1. The second kappa shape index (κ2) is 13.9. The third-order valence-corrected chi connectivity index (χ3v) is 4.96. The molecule has 3 nitrogen and oxygen atoms in total. The van der Waals surface area contributed by atoms with Gasteiger partial charge in [-0.15, -0.1) is 5.11 Å². The zero-order chi connectivity index (χ0) is 19.9. The molecule has 3 heteroatoms. The number of unbranched alkanes of at least 4 members (excludes halogenated alkanes) is 9. The minimum absolute atomic E-state index is 0.745. The van der Waals surface area contributed by atoms with Crippen molar-refractivity contribution in [1.29, 1.82) is 0 Å². The Morgan fingerprint density at radius 2 is 1.32 bits per heavy atom. The average Bonchev–Trinajstić information content (AvgIpc) is 2.72. The summed E-state index contributed by atoms with van der Waals surface area (Å²) in [5.74, 6) is 0.859. The quantitative estimate of drug-likeness (QED) is 0.238. The maximum absolute atomic E-state index is 6.07. The van der Waals surface area contributed by atoms with E-state index in [0.29, 0.717) is 0 Å². The Morgan fingerprint density at radius 1 is 0.679 bits per heavy atom. The molecular formula is C25H36N2O. The highest BCUT2D eigenvalue weighted by molar-refractivity contribution is 5.55. The first-order valence-corrected chi connectivity index (χ1v) is 11.0. The van der Waals surface area contributed by atoms with Crippen molar-refractivity contribution in [2.75, 3.05) is 6.61 Å². The van der Waals surface area contributed by atoms with Gasteiger partial charge in [0.25, 0.3) is 0 Å². The van der Waals surface area contributed by atoms with Gasteiger partial charge >= 0.3 is 0 Å². The predicted octanol–water partition coefficient (Wildman–Crippen LogP) is 8.71. The first kappa shape index (κ1) is 22.1. The zero-order valence-electron chi connectivity index (χ0n) is 17.7. The van der Waals surface area contributed by atoms with Crippen LogP contribution >= 0.6 is 0 Å². The van der Waals surface area contributed by atoms with Gasteiger partial charge in [-0.25, -0.2) is 0 Å². The molecular weight excluding hydrogens is 344 g/mol. The Balaban J connectivity index is 1.69. The summed E-state index contributed by atoms with van der Waals surface area (Å²) >= 11 is 0. The van der Waals surface area contributed by atoms with Crippen molar-refractivity contribution >= 4 is 11.4 Å². The molecule has 2 aromatic rings. The maximum Gasteiger partial charge on any atom is 0.149 e. The van der Waals surface area contributed by atoms with E-state index in [1.807, 2.05) is 42.5 Å². The molecule has 0 N–H and O–H groups in total. The molecule has 0 atom stereocenters. The Kier molecular flexibility index (Phi) is 11.0. The van der Waals surface area contributed by atoms with Crippen molar-refractivity contribution < 1.29 is 4.74 Å². The summed E-state index contributed by atoms with van der Waals surface area (Å²) in [6.07, 6.45) is 13.3. The smallest absolute Gasteiger partial charge is 0.149 e. The molecule has 0 spiro atoms. The predicted molar refractivity (Wildman–Crippen MR) is 119 cm³/mol. The number of para-hydroxylation sites is 1. The first-order valence-electron chi connectivity index (χ1n) is 11.0. The van der Waals surface area contributed by atoms with Crippen LogP contribution in [0.3, 0.4) is 0 Å². The van der Waals surface area contributed by atoms with Gasteiger partial charge in [0.15, 0.2) is 0 Å². The maximum atomic E-state index is 6.07. The van der Waals surface area contributed by atoms with Gasteiger partial charge in [0.1, 0.15) is 11.4 Å². The van der Waals surface area contributed by atoms with E-state index in [0.717, 1.165) is 35.7 Å². The highest BCUT2D eigenvalue weighted by Gasteiger charge is 2.06. The van der Waals surface area contributed by atoms with Crippen LogP contribution in [-0.2, 0) is 0 Å². The lowest BCUT2D eigenvalue weighted by atomic mass is 10.1. The Labute approximate surface area is 171 Å². The molecule has 28 heavy (non-hydrogen) atoms. The van der Waals surface area contributed by atoms with Crippen molar-refractivity contribution in [3.05, 3.63) is 54.1 Å². The van der Waals surface area contributed by atoms with Crippen LogP contribution in [0.5, 0.6) is 5.75 Å². The van der Waals surface area contributed by atoms with Crippen LogP contribution in [0, 0.1) is 6.92 Å². The number of hydrogen-bond acceptors (Lipinski definition) is 3. The second-order valence-electron chi connectivity index (χ2n) is 7.49. The lowest BCUT2D eigenvalue weighted by Crippen LogP contribution is -1.99. The van der Waals surface area contributed by atoms with Crippen molar-refractivity contribution in [3.63, 3.8) is 0 Å². The molecule has 0 radical (unpaired) electrons. The number of aryl methyl sites for hydroxylation is 1. The molecule has 0 aromatic heterocycles. The van der Waals surface area contributed by atoms with Crippen LogP contribution in [0.2, 0.25) is 0 Å². The SMILES string of the molecule is CCCCCCCCCCCCOc1c(C)cccc1N=Nc1ccccc1. The number of ether oxygens (including phenoxy) is 1. The fourth-order valence-electron chi connectivity index (χ4n) is 3.27. The number of nitrogens with zero attached hydrogens (tertiary/aromatic N) is 2. The third-order valence-electron chi connectivity index (χ3n) is 4.96.